The lowest BCUT2D eigenvalue weighted by molar-refractivity contribution is 0.296. The number of aliphatic imine (C=N–C) groups is 1. The predicted molar refractivity (Wildman–Crippen MR) is 113 cm³/mol. The third kappa shape index (κ3) is 5.45. The molecule has 152 valence electrons. The molecule has 0 atom stereocenters. The van der Waals surface area contributed by atoms with Crippen LogP contribution in [0.5, 0.6) is 0 Å². The highest BCUT2D eigenvalue weighted by Gasteiger charge is 2.40. The van der Waals surface area contributed by atoms with Gasteiger partial charge < -0.3 is 10.2 Å². The quantitative estimate of drug-likeness (QED) is 0.591. The molecule has 7 heteroatoms. The van der Waals surface area contributed by atoms with E-state index >= 15 is 0 Å². The summed E-state index contributed by atoms with van der Waals surface area (Å²) >= 11 is 0. The summed E-state index contributed by atoms with van der Waals surface area (Å²) < 4.78 is 23.7. The summed E-state index contributed by atoms with van der Waals surface area (Å²) in [5, 5.41) is 3.40. The van der Waals surface area contributed by atoms with E-state index in [0.717, 1.165) is 25.6 Å². The Morgan fingerprint density at radius 3 is 2.52 bits per heavy atom. The second-order valence-corrected chi connectivity index (χ2v) is 10.4. The normalized spacial score (nSPS) is 19.3. The molecule has 1 aromatic rings. The molecule has 1 aromatic carbocycles. The summed E-state index contributed by atoms with van der Waals surface area (Å²) in [5.41, 5.74) is 2.50. The van der Waals surface area contributed by atoms with Crippen LogP contribution in [0.4, 0.5) is 0 Å². The van der Waals surface area contributed by atoms with Crippen molar-refractivity contribution in [3.63, 3.8) is 0 Å². The summed E-state index contributed by atoms with van der Waals surface area (Å²) in [7, 11) is -1.31. The van der Waals surface area contributed by atoms with Gasteiger partial charge in [-0.1, -0.05) is 38.1 Å². The Balaban J connectivity index is 2.01. The number of sulfone groups is 1. The van der Waals surface area contributed by atoms with E-state index in [-0.39, 0.29) is 5.75 Å². The topological polar surface area (TPSA) is 65.0 Å². The summed E-state index contributed by atoms with van der Waals surface area (Å²) in [4.78, 5) is 8.80. The molecule has 0 saturated carbocycles. The largest absolute Gasteiger partial charge is 0.352 e. The van der Waals surface area contributed by atoms with E-state index in [4.69, 9.17) is 0 Å². The van der Waals surface area contributed by atoms with Gasteiger partial charge in [0.1, 0.15) is 0 Å². The average Bonchev–Trinajstić information content (AvgIpc) is 2.63. The molecule has 1 heterocycles. The van der Waals surface area contributed by atoms with Gasteiger partial charge in [-0.25, -0.2) is 8.42 Å². The van der Waals surface area contributed by atoms with Gasteiger partial charge in [0.15, 0.2) is 15.8 Å². The zero-order valence-corrected chi connectivity index (χ0v) is 18.1. The summed E-state index contributed by atoms with van der Waals surface area (Å²) in [6.45, 7) is 12.6. The first-order valence-electron chi connectivity index (χ1n) is 9.70. The van der Waals surface area contributed by atoms with Crippen LogP contribution in [0.1, 0.15) is 38.8 Å². The second-order valence-electron chi connectivity index (χ2n) is 7.68. The zero-order chi connectivity index (χ0) is 20.1. The highest BCUT2D eigenvalue weighted by molar-refractivity contribution is 7.92. The van der Waals surface area contributed by atoms with E-state index in [1.807, 2.05) is 4.90 Å². The first-order chi connectivity index (χ1) is 12.7. The fraction of sp³-hybridized carbons (Fsp3) is 0.650. The summed E-state index contributed by atoms with van der Waals surface area (Å²) in [6.07, 6.45) is 0. The molecule has 0 bridgehead atoms. The fourth-order valence-corrected chi connectivity index (χ4v) is 4.75. The van der Waals surface area contributed by atoms with Crippen molar-refractivity contribution in [3.8, 4) is 0 Å². The van der Waals surface area contributed by atoms with E-state index in [1.165, 1.54) is 11.1 Å². The maximum atomic E-state index is 12.2. The Kier molecular flexibility index (Phi) is 7.28. The molecular formula is C20H34N4O2S. The first kappa shape index (κ1) is 21.7. The van der Waals surface area contributed by atoms with Gasteiger partial charge in [-0.15, -0.1) is 0 Å². The predicted octanol–water partition coefficient (Wildman–Crippen LogP) is 2.11. The second kappa shape index (κ2) is 9.06. The van der Waals surface area contributed by atoms with Crippen LogP contribution in [-0.2, 0) is 22.9 Å². The minimum absolute atomic E-state index is 0.167. The molecule has 1 aliphatic rings. The van der Waals surface area contributed by atoms with Gasteiger partial charge in [-0.2, -0.15) is 0 Å². The molecule has 0 unspecified atom stereocenters. The zero-order valence-electron chi connectivity index (χ0n) is 17.3. The Hall–Kier alpha value is -1.60. The Bertz CT molecular complexity index is 755. The van der Waals surface area contributed by atoms with Crippen molar-refractivity contribution in [2.45, 2.75) is 45.5 Å². The van der Waals surface area contributed by atoms with Crippen molar-refractivity contribution in [2.24, 2.45) is 4.99 Å². The first-order valence-corrected chi connectivity index (χ1v) is 11.4. The van der Waals surface area contributed by atoms with Crippen LogP contribution in [0.25, 0.3) is 0 Å². The van der Waals surface area contributed by atoms with E-state index in [0.29, 0.717) is 19.6 Å². The van der Waals surface area contributed by atoms with Crippen LogP contribution in [0.2, 0.25) is 0 Å². The Labute approximate surface area is 164 Å². The third-order valence-electron chi connectivity index (χ3n) is 5.30. The van der Waals surface area contributed by atoms with Gasteiger partial charge >= 0.3 is 0 Å². The highest BCUT2D eigenvalue weighted by atomic mass is 32.2. The van der Waals surface area contributed by atoms with E-state index in [1.54, 1.807) is 20.9 Å². The molecule has 1 fully saturated rings. The number of nitrogens with zero attached hydrogens (tertiary/aromatic N) is 3. The van der Waals surface area contributed by atoms with Gasteiger partial charge in [-0.3, -0.25) is 9.89 Å². The molecule has 0 aliphatic carbocycles. The number of nitrogens with one attached hydrogen (secondary N) is 1. The van der Waals surface area contributed by atoms with Crippen molar-refractivity contribution in [3.05, 3.63) is 35.4 Å². The Morgan fingerprint density at radius 2 is 1.93 bits per heavy atom. The van der Waals surface area contributed by atoms with Crippen molar-refractivity contribution in [1.82, 2.24) is 15.1 Å². The van der Waals surface area contributed by atoms with E-state index < -0.39 is 14.6 Å². The highest BCUT2D eigenvalue weighted by Crippen LogP contribution is 2.23. The van der Waals surface area contributed by atoms with Crippen LogP contribution < -0.4 is 5.32 Å². The lowest BCUT2D eigenvalue weighted by Crippen LogP contribution is -2.57. The average molecular weight is 395 g/mol. The molecule has 0 aromatic heterocycles. The molecule has 27 heavy (non-hydrogen) atoms. The standard InChI is InChI=1S/C20H34N4O2S/c1-6-23(7-2)15-18-10-8-9-17(13-18)14-22-19(21-5)24-11-12-27(25,26)20(3,4)16-24/h8-10,13H,6-7,11-12,14-16H2,1-5H3,(H,21,22). The molecule has 0 radical (unpaired) electrons. The van der Waals surface area contributed by atoms with E-state index in [2.05, 4.69) is 53.3 Å². The maximum Gasteiger partial charge on any atom is 0.193 e. The monoisotopic (exact) mass is 394 g/mol. The van der Waals surface area contributed by atoms with Gasteiger partial charge in [0.2, 0.25) is 0 Å². The molecule has 0 spiro atoms. The number of hydrogen-bond donors (Lipinski definition) is 1. The maximum absolute atomic E-state index is 12.2. The van der Waals surface area contributed by atoms with E-state index in [9.17, 15) is 8.42 Å². The minimum atomic E-state index is -3.05. The van der Waals surface area contributed by atoms with Crippen molar-refractivity contribution in [2.75, 3.05) is 39.0 Å². The molecule has 2 rings (SSSR count). The Morgan fingerprint density at radius 1 is 1.26 bits per heavy atom. The van der Waals surface area contributed by atoms with Gasteiger partial charge in [0, 0.05) is 33.2 Å². The minimum Gasteiger partial charge on any atom is -0.352 e. The van der Waals surface area contributed by atoms with Crippen molar-refractivity contribution < 1.29 is 8.42 Å². The number of hydrogen-bond acceptors (Lipinski definition) is 4. The van der Waals surface area contributed by atoms with Crippen molar-refractivity contribution >= 4 is 15.8 Å². The molecular weight excluding hydrogens is 360 g/mol. The molecule has 1 N–H and O–H groups in total. The number of benzene rings is 1. The lowest BCUT2D eigenvalue weighted by atomic mass is 10.1. The summed E-state index contributed by atoms with van der Waals surface area (Å²) in [6, 6.07) is 8.59. The van der Waals surface area contributed by atoms with Gasteiger partial charge in [-0.05, 0) is 38.1 Å². The molecule has 1 aliphatic heterocycles. The van der Waals surface area contributed by atoms with Crippen LogP contribution in [-0.4, -0.2) is 67.9 Å². The molecule has 6 nitrogen and oxygen atoms in total. The van der Waals surface area contributed by atoms with Gasteiger partial charge in [0.25, 0.3) is 0 Å². The van der Waals surface area contributed by atoms with Crippen LogP contribution in [0.15, 0.2) is 29.3 Å². The number of guanidine groups is 1. The van der Waals surface area contributed by atoms with Crippen LogP contribution >= 0.6 is 0 Å². The molecule has 1 saturated heterocycles. The van der Waals surface area contributed by atoms with Crippen LogP contribution in [0.3, 0.4) is 0 Å². The fourth-order valence-electron chi connectivity index (χ4n) is 3.38. The van der Waals surface area contributed by atoms with Crippen molar-refractivity contribution in [1.29, 1.82) is 0 Å². The van der Waals surface area contributed by atoms with Gasteiger partial charge in [0.05, 0.1) is 10.5 Å². The number of rotatable bonds is 6. The smallest absolute Gasteiger partial charge is 0.193 e. The summed E-state index contributed by atoms with van der Waals surface area (Å²) in [5.74, 6) is 0.923. The lowest BCUT2D eigenvalue weighted by Gasteiger charge is -2.39. The van der Waals surface area contributed by atoms with Crippen LogP contribution in [0, 0.1) is 0 Å². The third-order valence-corrected chi connectivity index (χ3v) is 7.83. The molecule has 0 amide bonds. The SMILES string of the molecule is CCN(CC)Cc1cccc(CNC(=NC)N2CCS(=O)(=O)C(C)(C)C2)c1.